The largest absolute Gasteiger partial charge is 0.394 e. The van der Waals surface area contributed by atoms with Crippen molar-refractivity contribution < 1.29 is 43.4 Å². The maximum absolute atomic E-state index is 13.5. The number of aliphatic hydroxyl groups is 5. The van der Waals surface area contributed by atoms with E-state index < -0.39 is 60.7 Å². The predicted octanol–water partition coefficient (Wildman–Crippen LogP) is 0.955. The Morgan fingerprint density at radius 2 is 1.55 bits per heavy atom. The molecule has 1 heterocycles. The van der Waals surface area contributed by atoms with Crippen LogP contribution in [0.1, 0.15) is 17.2 Å². The molecule has 2 aromatic carbocycles. The topological polar surface area (TPSA) is 110 Å². The van der Waals surface area contributed by atoms with Gasteiger partial charge in [-0.2, -0.15) is 0 Å². The molecular weight excluding hydrogens is 393 g/mol. The van der Waals surface area contributed by atoms with Gasteiger partial charge in [-0.15, -0.1) is 0 Å². The third kappa shape index (κ3) is 4.02. The van der Waals surface area contributed by atoms with Crippen LogP contribution in [0.4, 0.5) is 13.2 Å². The second kappa shape index (κ2) is 8.39. The van der Waals surface area contributed by atoms with Crippen molar-refractivity contribution >= 4 is 0 Å². The van der Waals surface area contributed by atoms with Gasteiger partial charge in [0, 0.05) is 0 Å². The van der Waals surface area contributed by atoms with Crippen LogP contribution in [0.15, 0.2) is 30.3 Å². The molecule has 0 saturated carbocycles. The number of aryl methyl sites for hydroxylation is 1. The molecule has 5 N–H and O–H groups in total. The van der Waals surface area contributed by atoms with E-state index in [1.54, 1.807) is 6.92 Å². The van der Waals surface area contributed by atoms with E-state index in [4.69, 9.17) is 4.74 Å². The molecule has 0 aliphatic carbocycles. The highest BCUT2D eigenvalue weighted by atomic mass is 19.2. The van der Waals surface area contributed by atoms with E-state index in [9.17, 15) is 38.7 Å². The Hall–Kier alpha value is -2.01. The molecule has 1 aliphatic heterocycles. The first-order valence-electron chi connectivity index (χ1n) is 8.89. The fraction of sp³-hybridized carbons (Fsp3) is 0.400. The van der Waals surface area contributed by atoms with Gasteiger partial charge in [0.1, 0.15) is 36.6 Å². The Morgan fingerprint density at radius 3 is 2.10 bits per heavy atom. The van der Waals surface area contributed by atoms with Crippen molar-refractivity contribution in [1.82, 2.24) is 0 Å². The molecule has 158 valence electrons. The highest BCUT2D eigenvalue weighted by Gasteiger charge is 2.46. The fourth-order valence-electron chi connectivity index (χ4n) is 3.48. The molecule has 3 rings (SSSR count). The van der Waals surface area contributed by atoms with Gasteiger partial charge >= 0.3 is 0 Å². The minimum Gasteiger partial charge on any atom is -0.394 e. The Kier molecular flexibility index (Phi) is 6.27. The van der Waals surface area contributed by atoms with Crippen molar-refractivity contribution in [2.24, 2.45) is 0 Å². The summed E-state index contributed by atoms with van der Waals surface area (Å²) in [5.74, 6) is -4.23. The third-order valence-corrected chi connectivity index (χ3v) is 5.15. The van der Waals surface area contributed by atoms with E-state index in [0.29, 0.717) is 16.7 Å². The van der Waals surface area contributed by atoms with E-state index in [-0.39, 0.29) is 5.56 Å². The van der Waals surface area contributed by atoms with E-state index in [2.05, 4.69) is 0 Å². The van der Waals surface area contributed by atoms with Crippen molar-refractivity contribution in [1.29, 1.82) is 0 Å². The summed E-state index contributed by atoms with van der Waals surface area (Å²) in [6.45, 7) is 0.968. The highest BCUT2D eigenvalue weighted by Crippen LogP contribution is 2.33. The maximum Gasteiger partial charge on any atom is 0.194 e. The van der Waals surface area contributed by atoms with Gasteiger partial charge in [-0.05, 0) is 41.3 Å². The van der Waals surface area contributed by atoms with Crippen molar-refractivity contribution in [3.05, 3.63) is 58.9 Å². The minimum atomic E-state index is -1.63. The van der Waals surface area contributed by atoms with Crippen LogP contribution < -0.4 is 0 Å². The quantitative estimate of drug-likeness (QED) is 0.477. The molecule has 9 heteroatoms. The molecule has 6 atom stereocenters. The summed E-state index contributed by atoms with van der Waals surface area (Å²) in [5.41, 5.74) is 1.22. The third-order valence-electron chi connectivity index (χ3n) is 5.15. The molecule has 6 nitrogen and oxygen atoms in total. The van der Waals surface area contributed by atoms with Crippen LogP contribution in [0.25, 0.3) is 11.1 Å². The number of benzene rings is 2. The van der Waals surface area contributed by atoms with E-state index in [0.717, 1.165) is 12.1 Å². The SMILES string of the molecule is Cc1cc(-c2cc(F)c(F)c(F)c2)ccc1[C@@H](O)[C@H]1OC(CO)[C@@H](O)C(O)C1O. The van der Waals surface area contributed by atoms with Crippen LogP contribution in [0.3, 0.4) is 0 Å². The number of halogens is 3. The zero-order valence-electron chi connectivity index (χ0n) is 15.3. The van der Waals surface area contributed by atoms with Gasteiger partial charge in [-0.1, -0.05) is 18.2 Å². The van der Waals surface area contributed by atoms with Crippen LogP contribution in [0, 0.1) is 24.4 Å². The lowest BCUT2D eigenvalue weighted by molar-refractivity contribution is -0.250. The van der Waals surface area contributed by atoms with Crippen LogP contribution in [0.2, 0.25) is 0 Å². The molecular formula is C20H21F3O6. The lowest BCUT2D eigenvalue weighted by Crippen LogP contribution is -2.59. The first-order chi connectivity index (χ1) is 13.6. The zero-order valence-corrected chi connectivity index (χ0v) is 15.3. The molecule has 3 unspecified atom stereocenters. The molecule has 1 aliphatic rings. The molecule has 0 spiro atoms. The normalized spacial score (nSPS) is 28.4. The van der Waals surface area contributed by atoms with Gasteiger partial charge in [-0.25, -0.2) is 13.2 Å². The minimum absolute atomic E-state index is 0.0957. The van der Waals surface area contributed by atoms with Crippen molar-refractivity contribution in [2.45, 2.75) is 43.5 Å². The Morgan fingerprint density at radius 1 is 0.931 bits per heavy atom. The Labute approximate surface area is 164 Å². The van der Waals surface area contributed by atoms with Crippen LogP contribution in [-0.4, -0.2) is 62.7 Å². The summed E-state index contributed by atoms with van der Waals surface area (Å²) in [6, 6.07) is 6.09. The number of hydrogen-bond donors (Lipinski definition) is 5. The lowest BCUT2D eigenvalue weighted by atomic mass is 9.88. The summed E-state index contributed by atoms with van der Waals surface area (Å²) in [7, 11) is 0. The van der Waals surface area contributed by atoms with Crippen LogP contribution >= 0.6 is 0 Å². The Bertz CT molecular complexity index is 868. The first-order valence-corrected chi connectivity index (χ1v) is 8.89. The average Bonchev–Trinajstić information content (AvgIpc) is 2.69. The molecule has 0 aromatic heterocycles. The van der Waals surface area contributed by atoms with E-state index >= 15 is 0 Å². The van der Waals surface area contributed by atoms with Gasteiger partial charge in [0.05, 0.1) is 6.61 Å². The molecule has 29 heavy (non-hydrogen) atoms. The Balaban J connectivity index is 1.90. The molecule has 1 saturated heterocycles. The average molecular weight is 414 g/mol. The van der Waals surface area contributed by atoms with Crippen molar-refractivity contribution in [2.75, 3.05) is 6.61 Å². The number of aliphatic hydroxyl groups excluding tert-OH is 5. The number of rotatable bonds is 4. The maximum atomic E-state index is 13.5. The molecule has 0 amide bonds. The number of ether oxygens (including phenoxy) is 1. The standard InChI is InChI=1S/C20H21F3O6/c1-8-4-9(10-5-12(21)15(23)13(22)6-10)2-3-11(8)16(25)20-19(28)18(27)17(26)14(7-24)29-20/h2-6,14,16-20,24-28H,7H2,1H3/t14?,16-,17-,18?,19?,20-/m1/s1. The first kappa shape index (κ1) is 21.7. The smallest absolute Gasteiger partial charge is 0.194 e. The summed E-state index contributed by atoms with van der Waals surface area (Å²) >= 11 is 0. The molecule has 0 radical (unpaired) electrons. The van der Waals surface area contributed by atoms with Gasteiger partial charge in [0.2, 0.25) is 0 Å². The molecule has 1 fully saturated rings. The van der Waals surface area contributed by atoms with Crippen molar-refractivity contribution in [3.63, 3.8) is 0 Å². The fourth-order valence-corrected chi connectivity index (χ4v) is 3.48. The van der Waals surface area contributed by atoms with E-state index in [1.807, 2.05) is 0 Å². The number of hydrogen-bond acceptors (Lipinski definition) is 6. The summed E-state index contributed by atoms with van der Waals surface area (Å²) in [5, 5.41) is 49.8. The van der Waals surface area contributed by atoms with Crippen LogP contribution in [0.5, 0.6) is 0 Å². The van der Waals surface area contributed by atoms with Gasteiger partial charge in [0.15, 0.2) is 17.5 Å². The van der Waals surface area contributed by atoms with Crippen molar-refractivity contribution in [3.8, 4) is 11.1 Å². The lowest BCUT2D eigenvalue weighted by Gasteiger charge is -2.42. The predicted molar refractivity (Wildman–Crippen MR) is 95.2 cm³/mol. The second-order valence-electron chi connectivity index (χ2n) is 7.06. The monoisotopic (exact) mass is 414 g/mol. The van der Waals surface area contributed by atoms with Gasteiger partial charge in [0.25, 0.3) is 0 Å². The molecule has 0 bridgehead atoms. The summed E-state index contributed by atoms with van der Waals surface area (Å²) in [4.78, 5) is 0. The summed E-state index contributed by atoms with van der Waals surface area (Å²) < 4.78 is 45.5. The second-order valence-corrected chi connectivity index (χ2v) is 7.06. The zero-order chi connectivity index (χ0) is 21.5. The van der Waals surface area contributed by atoms with Gasteiger partial charge < -0.3 is 30.3 Å². The molecule has 2 aromatic rings. The van der Waals surface area contributed by atoms with Crippen LogP contribution in [-0.2, 0) is 4.74 Å². The van der Waals surface area contributed by atoms with E-state index in [1.165, 1.54) is 18.2 Å². The highest BCUT2D eigenvalue weighted by molar-refractivity contribution is 5.65. The van der Waals surface area contributed by atoms with Gasteiger partial charge in [-0.3, -0.25) is 0 Å². The summed E-state index contributed by atoms with van der Waals surface area (Å²) in [6.07, 6.45) is -8.75.